The van der Waals surface area contributed by atoms with Crippen LogP contribution in [0.5, 0.6) is 0 Å². The fraction of sp³-hybridized carbons (Fsp3) is 0.786. The number of rotatable bonds is 4. The van der Waals surface area contributed by atoms with Gasteiger partial charge in [-0.3, -0.25) is 0 Å². The summed E-state index contributed by atoms with van der Waals surface area (Å²) in [6, 6.07) is 0.481. The molecular formula is C14H25N3OS. The van der Waals surface area contributed by atoms with Crippen molar-refractivity contribution in [1.29, 1.82) is 0 Å². The van der Waals surface area contributed by atoms with Crippen LogP contribution in [0.4, 0.5) is 5.13 Å². The summed E-state index contributed by atoms with van der Waals surface area (Å²) >= 11 is 1.79. The lowest BCUT2D eigenvalue weighted by Gasteiger charge is -2.22. The predicted octanol–water partition coefficient (Wildman–Crippen LogP) is 2.56. The molecule has 0 radical (unpaired) electrons. The molecule has 0 amide bonds. The first-order valence-electron chi connectivity index (χ1n) is 6.89. The molecule has 1 aliphatic rings. The van der Waals surface area contributed by atoms with E-state index in [4.69, 9.17) is 9.72 Å². The number of aromatic nitrogens is 1. The van der Waals surface area contributed by atoms with E-state index in [1.165, 1.54) is 4.88 Å². The molecule has 1 aliphatic heterocycles. The number of nitrogens with zero attached hydrogens (tertiary/aromatic N) is 2. The largest absolute Gasteiger partial charge is 0.379 e. The van der Waals surface area contributed by atoms with Crippen LogP contribution < -0.4 is 10.2 Å². The third-order valence-electron chi connectivity index (χ3n) is 3.42. The van der Waals surface area contributed by atoms with Crippen LogP contribution >= 0.6 is 11.3 Å². The number of hydrogen-bond donors (Lipinski definition) is 1. The van der Waals surface area contributed by atoms with Crippen molar-refractivity contribution in [2.75, 3.05) is 25.2 Å². The van der Waals surface area contributed by atoms with Gasteiger partial charge in [0.25, 0.3) is 0 Å². The Morgan fingerprint density at radius 3 is 2.79 bits per heavy atom. The van der Waals surface area contributed by atoms with Gasteiger partial charge < -0.3 is 15.0 Å². The van der Waals surface area contributed by atoms with Crippen molar-refractivity contribution in [3.05, 3.63) is 10.6 Å². The van der Waals surface area contributed by atoms with E-state index in [9.17, 15) is 0 Å². The van der Waals surface area contributed by atoms with Crippen LogP contribution in [0.3, 0.4) is 0 Å². The summed E-state index contributed by atoms with van der Waals surface area (Å²) in [5.41, 5.74) is 1.28. The maximum Gasteiger partial charge on any atom is 0.185 e. The molecule has 1 N–H and O–H groups in total. The second-order valence-electron chi connectivity index (χ2n) is 6.24. The van der Waals surface area contributed by atoms with Crippen LogP contribution in [0.2, 0.25) is 0 Å². The Morgan fingerprint density at radius 2 is 2.21 bits per heavy atom. The molecule has 5 heteroatoms. The third-order valence-corrected chi connectivity index (χ3v) is 4.66. The monoisotopic (exact) mass is 283 g/mol. The summed E-state index contributed by atoms with van der Waals surface area (Å²) in [7, 11) is 2.12. The fourth-order valence-electron chi connectivity index (χ4n) is 2.06. The van der Waals surface area contributed by atoms with E-state index in [-0.39, 0.29) is 5.54 Å². The molecule has 19 heavy (non-hydrogen) atoms. The average Bonchev–Trinajstić information content (AvgIpc) is 2.93. The molecule has 2 heterocycles. The van der Waals surface area contributed by atoms with E-state index in [2.05, 4.69) is 45.0 Å². The Balaban J connectivity index is 2.03. The highest BCUT2D eigenvalue weighted by Crippen LogP contribution is 2.28. The van der Waals surface area contributed by atoms with Crippen LogP contribution in [0, 0.1) is 6.92 Å². The van der Waals surface area contributed by atoms with E-state index >= 15 is 0 Å². The third kappa shape index (κ3) is 3.91. The van der Waals surface area contributed by atoms with Gasteiger partial charge in [-0.2, -0.15) is 0 Å². The van der Waals surface area contributed by atoms with Crippen LogP contribution in [-0.2, 0) is 11.3 Å². The molecule has 1 unspecified atom stereocenters. The van der Waals surface area contributed by atoms with E-state index in [0.29, 0.717) is 6.04 Å². The van der Waals surface area contributed by atoms with Crippen molar-refractivity contribution in [2.45, 2.75) is 52.2 Å². The van der Waals surface area contributed by atoms with Crippen molar-refractivity contribution in [1.82, 2.24) is 10.3 Å². The van der Waals surface area contributed by atoms with Gasteiger partial charge in [0.05, 0.1) is 18.3 Å². The van der Waals surface area contributed by atoms with E-state index in [1.807, 2.05) is 0 Å². The molecule has 1 aromatic rings. The SMILES string of the molecule is Cc1nc(N(C)C2CCOC2)sc1CNC(C)(C)C. The summed E-state index contributed by atoms with van der Waals surface area (Å²) in [4.78, 5) is 8.30. The molecule has 4 nitrogen and oxygen atoms in total. The van der Waals surface area contributed by atoms with Crippen molar-refractivity contribution in [3.8, 4) is 0 Å². The van der Waals surface area contributed by atoms with Crippen molar-refractivity contribution in [3.63, 3.8) is 0 Å². The Morgan fingerprint density at radius 1 is 1.47 bits per heavy atom. The number of nitrogens with one attached hydrogen (secondary N) is 1. The highest BCUT2D eigenvalue weighted by molar-refractivity contribution is 7.15. The molecule has 0 bridgehead atoms. The Hall–Kier alpha value is -0.650. The minimum atomic E-state index is 0.141. The molecule has 0 aliphatic carbocycles. The molecule has 1 saturated heterocycles. The predicted molar refractivity (Wildman–Crippen MR) is 81.1 cm³/mol. The summed E-state index contributed by atoms with van der Waals surface area (Å²) in [5, 5.41) is 4.64. The highest BCUT2D eigenvalue weighted by atomic mass is 32.1. The van der Waals surface area contributed by atoms with E-state index in [0.717, 1.165) is 37.0 Å². The van der Waals surface area contributed by atoms with Gasteiger partial charge in [-0.25, -0.2) is 4.98 Å². The van der Waals surface area contributed by atoms with Crippen molar-refractivity contribution < 1.29 is 4.74 Å². The lowest BCUT2D eigenvalue weighted by Crippen LogP contribution is -2.34. The van der Waals surface area contributed by atoms with Gasteiger partial charge in [0.15, 0.2) is 5.13 Å². The molecular weight excluding hydrogens is 258 g/mol. The first kappa shape index (κ1) is 14.8. The molecule has 2 rings (SSSR count). The van der Waals surface area contributed by atoms with Crippen LogP contribution in [0.1, 0.15) is 37.8 Å². The molecule has 1 fully saturated rings. The van der Waals surface area contributed by atoms with Crippen molar-refractivity contribution in [2.24, 2.45) is 0 Å². The Kier molecular flexibility index (Phi) is 4.48. The normalized spacial score (nSPS) is 19.9. The number of anilines is 1. The topological polar surface area (TPSA) is 37.4 Å². The lowest BCUT2D eigenvalue weighted by atomic mass is 10.1. The van der Waals surface area contributed by atoms with Gasteiger partial charge in [-0.05, 0) is 34.1 Å². The smallest absolute Gasteiger partial charge is 0.185 e. The lowest BCUT2D eigenvalue weighted by molar-refractivity contribution is 0.193. The van der Waals surface area contributed by atoms with Gasteiger partial charge in [-0.15, -0.1) is 11.3 Å². The standard InChI is InChI=1S/C14H25N3OS/c1-10-12(8-15-14(2,3)4)19-13(16-10)17(5)11-6-7-18-9-11/h11,15H,6-9H2,1-5H3. The summed E-state index contributed by atoms with van der Waals surface area (Å²) in [6.45, 7) is 11.2. The number of hydrogen-bond acceptors (Lipinski definition) is 5. The number of aryl methyl sites for hydroxylation is 1. The number of ether oxygens (including phenoxy) is 1. The second-order valence-corrected chi connectivity index (χ2v) is 7.30. The van der Waals surface area contributed by atoms with Gasteiger partial charge in [0.2, 0.25) is 0 Å². The molecule has 0 saturated carbocycles. The Bertz CT molecular complexity index is 419. The van der Waals surface area contributed by atoms with Gasteiger partial charge in [0.1, 0.15) is 0 Å². The molecule has 108 valence electrons. The molecule has 1 aromatic heterocycles. The molecule has 1 atom stereocenters. The first-order chi connectivity index (χ1) is 8.87. The maximum atomic E-state index is 5.45. The highest BCUT2D eigenvalue weighted by Gasteiger charge is 2.23. The zero-order valence-corrected chi connectivity index (χ0v) is 13.4. The second kappa shape index (κ2) is 5.77. The maximum absolute atomic E-state index is 5.45. The fourth-order valence-corrected chi connectivity index (χ4v) is 3.09. The van der Waals surface area contributed by atoms with E-state index < -0.39 is 0 Å². The summed E-state index contributed by atoms with van der Waals surface area (Å²) in [5.74, 6) is 0. The van der Waals surface area contributed by atoms with Crippen molar-refractivity contribution >= 4 is 16.5 Å². The number of likely N-dealkylation sites (N-methyl/N-ethyl adjacent to an activating group) is 1. The molecule has 0 spiro atoms. The average molecular weight is 283 g/mol. The zero-order chi connectivity index (χ0) is 14.0. The van der Waals surface area contributed by atoms with Gasteiger partial charge in [-0.1, -0.05) is 0 Å². The Labute approximate surface area is 120 Å². The van der Waals surface area contributed by atoms with Gasteiger partial charge in [0, 0.05) is 30.6 Å². The number of thiazole rings is 1. The minimum Gasteiger partial charge on any atom is -0.379 e. The van der Waals surface area contributed by atoms with Gasteiger partial charge >= 0.3 is 0 Å². The summed E-state index contributed by atoms with van der Waals surface area (Å²) < 4.78 is 5.45. The first-order valence-corrected chi connectivity index (χ1v) is 7.70. The quantitative estimate of drug-likeness (QED) is 0.921. The van der Waals surface area contributed by atoms with Crippen LogP contribution in [0.15, 0.2) is 0 Å². The van der Waals surface area contributed by atoms with Crippen LogP contribution in [-0.4, -0.2) is 36.8 Å². The van der Waals surface area contributed by atoms with E-state index in [1.54, 1.807) is 11.3 Å². The minimum absolute atomic E-state index is 0.141. The summed E-state index contributed by atoms with van der Waals surface area (Å²) in [6.07, 6.45) is 1.10. The van der Waals surface area contributed by atoms with Crippen LogP contribution in [0.25, 0.3) is 0 Å². The zero-order valence-electron chi connectivity index (χ0n) is 12.6. The molecule has 0 aromatic carbocycles.